The fourth-order valence-electron chi connectivity index (χ4n) is 4.03. The summed E-state index contributed by atoms with van der Waals surface area (Å²) in [6.45, 7) is 5.42. The van der Waals surface area contributed by atoms with E-state index in [2.05, 4.69) is 33.7 Å². The third kappa shape index (κ3) is 2.91. The number of nitrogens with zero attached hydrogens (tertiary/aromatic N) is 3. The Morgan fingerprint density at radius 1 is 1.30 bits per heavy atom. The maximum Gasteiger partial charge on any atom is 0.0948 e. The molecule has 0 spiro atoms. The fourth-order valence-corrected chi connectivity index (χ4v) is 4.03. The molecule has 2 saturated heterocycles. The molecule has 0 aromatic carbocycles. The molecule has 2 bridgehead atoms. The van der Waals surface area contributed by atoms with Gasteiger partial charge in [-0.25, -0.2) is 4.98 Å². The lowest BCUT2D eigenvalue weighted by Crippen LogP contribution is -2.42. The zero-order chi connectivity index (χ0) is 13.9. The number of fused-ring (bicyclic) bond motifs is 2. The fraction of sp³-hybridized carbons (Fsp3) is 0.812. The molecule has 1 aromatic rings. The van der Waals surface area contributed by atoms with Gasteiger partial charge in [-0.15, -0.1) is 0 Å². The highest BCUT2D eigenvalue weighted by atomic mass is 15.2. The number of imidazole rings is 1. The van der Waals surface area contributed by atoms with E-state index in [1.165, 1.54) is 37.8 Å². The molecule has 0 radical (unpaired) electrons. The molecule has 1 N–H and O–H groups in total. The quantitative estimate of drug-likeness (QED) is 0.865. The van der Waals surface area contributed by atoms with E-state index in [-0.39, 0.29) is 0 Å². The van der Waals surface area contributed by atoms with E-state index in [1.54, 1.807) is 0 Å². The van der Waals surface area contributed by atoms with Crippen LogP contribution in [0, 0.1) is 5.92 Å². The molecule has 2 aliphatic heterocycles. The van der Waals surface area contributed by atoms with E-state index < -0.39 is 0 Å². The van der Waals surface area contributed by atoms with Gasteiger partial charge in [-0.3, -0.25) is 0 Å². The number of rotatable bonds is 6. The molecule has 0 saturated carbocycles. The van der Waals surface area contributed by atoms with Crippen LogP contribution in [0.5, 0.6) is 0 Å². The second-order valence-corrected chi connectivity index (χ2v) is 6.60. The molecule has 0 aliphatic carbocycles. The van der Waals surface area contributed by atoms with E-state index in [9.17, 15) is 0 Å². The number of hydrogen-bond donors (Lipinski definition) is 1. The molecule has 4 heteroatoms. The number of aryl methyl sites for hydroxylation is 1. The van der Waals surface area contributed by atoms with Gasteiger partial charge in [0.15, 0.2) is 0 Å². The molecule has 3 heterocycles. The van der Waals surface area contributed by atoms with Crippen molar-refractivity contribution in [2.24, 2.45) is 5.92 Å². The second-order valence-electron chi connectivity index (χ2n) is 6.60. The van der Waals surface area contributed by atoms with Gasteiger partial charge in [0.25, 0.3) is 0 Å². The van der Waals surface area contributed by atoms with Crippen molar-refractivity contribution in [3.63, 3.8) is 0 Å². The van der Waals surface area contributed by atoms with Gasteiger partial charge in [0.1, 0.15) is 0 Å². The van der Waals surface area contributed by atoms with Crippen molar-refractivity contribution >= 4 is 0 Å². The van der Waals surface area contributed by atoms with Crippen molar-refractivity contribution in [3.05, 3.63) is 18.2 Å². The minimum absolute atomic E-state index is 0.853. The predicted molar refractivity (Wildman–Crippen MR) is 81.5 cm³/mol. The highest BCUT2D eigenvalue weighted by Gasteiger charge is 2.37. The molecule has 4 nitrogen and oxygen atoms in total. The lowest BCUT2D eigenvalue weighted by atomic mass is 9.91. The predicted octanol–water partition coefficient (Wildman–Crippen LogP) is 2.26. The largest absolute Gasteiger partial charge is 0.333 e. The van der Waals surface area contributed by atoms with Crippen LogP contribution in [0.3, 0.4) is 0 Å². The molecule has 3 rings (SSSR count). The Kier molecular flexibility index (Phi) is 4.41. The summed E-state index contributed by atoms with van der Waals surface area (Å²) in [6, 6.07) is 1.71. The molecule has 2 aliphatic rings. The van der Waals surface area contributed by atoms with E-state index in [0.717, 1.165) is 37.6 Å². The summed E-state index contributed by atoms with van der Waals surface area (Å²) >= 11 is 0. The van der Waals surface area contributed by atoms with Gasteiger partial charge in [0.05, 0.1) is 12.0 Å². The van der Waals surface area contributed by atoms with Gasteiger partial charge in [-0.05, 0) is 51.6 Å². The second kappa shape index (κ2) is 6.27. The van der Waals surface area contributed by atoms with Crippen LogP contribution < -0.4 is 5.32 Å². The van der Waals surface area contributed by atoms with Crippen LogP contribution in [-0.4, -0.2) is 40.1 Å². The van der Waals surface area contributed by atoms with Crippen molar-refractivity contribution in [3.8, 4) is 0 Å². The molecule has 1 aromatic heterocycles. The average molecular weight is 276 g/mol. The minimum Gasteiger partial charge on any atom is -0.333 e. The van der Waals surface area contributed by atoms with Crippen molar-refractivity contribution < 1.29 is 0 Å². The summed E-state index contributed by atoms with van der Waals surface area (Å²) in [7, 11) is 2.31. The monoisotopic (exact) mass is 276 g/mol. The average Bonchev–Trinajstić information content (AvgIpc) is 2.93. The summed E-state index contributed by atoms with van der Waals surface area (Å²) in [4.78, 5) is 6.88. The van der Waals surface area contributed by atoms with Crippen LogP contribution in [-0.2, 0) is 13.1 Å². The summed E-state index contributed by atoms with van der Waals surface area (Å²) in [6.07, 6.45) is 10.7. The Hall–Kier alpha value is -0.870. The molecule has 20 heavy (non-hydrogen) atoms. The van der Waals surface area contributed by atoms with Crippen LogP contribution in [0.25, 0.3) is 0 Å². The smallest absolute Gasteiger partial charge is 0.0948 e. The number of nitrogens with one attached hydrogen (secondary N) is 1. The van der Waals surface area contributed by atoms with Crippen molar-refractivity contribution in [2.75, 3.05) is 13.6 Å². The van der Waals surface area contributed by atoms with Crippen LogP contribution in [0.4, 0.5) is 0 Å². The van der Waals surface area contributed by atoms with E-state index >= 15 is 0 Å². The van der Waals surface area contributed by atoms with Crippen LogP contribution in [0.1, 0.15) is 44.7 Å². The summed E-state index contributed by atoms with van der Waals surface area (Å²) in [5.74, 6) is 0.867. The number of aromatic nitrogens is 2. The third-order valence-corrected chi connectivity index (χ3v) is 5.20. The topological polar surface area (TPSA) is 33.1 Å². The molecule has 2 unspecified atom stereocenters. The lowest BCUT2D eigenvalue weighted by molar-refractivity contribution is 0.132. The summed E-state index contributed by atoms with van der Waals surface area (Å²) in [5, 5.41) is 3.66. The van der Waals surface area contributed by atoms with E-state index in [4.69, 9.17) is 0 Å². The third-order valence-electron chi connectivity index (χ3n) is 5.20. The van der Waals surface area contributed by atoms with Gasteiger partial charge in [0, 0.05) is 31.4 Å². The van der Waals surface area contributed by atoms with Crippen LogP contribution in [0.2, 0.25) is 0 Å². The first kappa shape index (κ1) is 14.1. The Labute approximate surface area is 122 Å². The van der Waals surface area contributed by atoms with Crippen LogP contribution >= 0.6 is 0 Å². The Balaban J connectivity index is 1.45. The van der Waals surface area contributed by atoms with Gasteiger partial charge in [-0.1, -0.05) is 6.92 Å². The van der Waals surface area contributed by atoms with Gasteiger partial charge < -0.3 is 14.8 Å². The lowest BCUT2D eigenvalue weighted by Gasteiger charge is -2.36. The molecule has 2 atom stereocenters. The zero-order valence-electron chi connectivity index (χ0n) is 12.9. The summed E-state index contributed by atoms with van der Waals surface area (Å²) in [5.41, 5.74) is 1.32. The first-order valence-corrected chi connectivity index (χ1v) is 8.19. The standard InChI is InChI=1S/C16H28N4/c1-3-6-20-12-18-11-16(20)10-17-9-13-7-14-4-5-15(8-13)19(14)2/h11-15,17H,3-10H2,1-2H3. The van der Waals surface area contributed by atoms with Gasteiger partial charge in [0.2, 0.25) is 0 Å². The van der Waals surface area contributed by atoms with E-state index in [0.29, 0.717) is 0 Å². The molecular formula is C16H28N4. The summed E-state index contributed by atoms with van der Waals surface area (Å²) < 4.78 is 2.27. The molecular weight excluding hydrogens is 248 g/mol. The van der Waals surface area contributed by atoms with E-state index in [1.807, 2.05) is 12.5 Å². The van der Waals surface area contributed by atoms with Crippen LogP contribution in [0.15, 0.2) is 12.5 Å². The maximum absolute atomic E-state index is 4.27. The number of hydrogen-bond acceptors (Lipinski definition) is 3. The van der Waals surface area contributed by atoms with Gasteiger partial charge in [-0.2, -0.15) is 0 Å². The molecule has 112 valence electrons. The van der Waals surface area contributed by atoms with Crippen molar-refractivity contribution in [2.45, 2.75) is 64.2 Å². The van der Waals surface area contributed by atoms with Gasteiger partial charge >= 0.3 is 0 Å². The Morgan fingerprint density at radius 3 is 2.75 bits per heavy atom. The first-order valence-electron chi connectivity index (χ1n) is 8.19. The molecule has 0 amide bonds. The number of piperidine rings is 1. The first-order chi connectivity index (χ1) is 9.78. The highest BCUT2D eigenvalue weighted by molar-refractivity contribution is 4.98. The Bertz CT molecular complexity index is 414. The SMILES string of the molecule is CCCn1cncc1CNCC1CC2CCC(C1)N2C. The zero-order valence-corrected chi connectivity index (χ0v) is 12.9. The Morgan fingerprint density at radius 2 is 2.05 bits per heavy atom. The normalized spacial score (nSPS) is 30.0. The maximum atomic E-state index is 4.27. The molecule has 2 fully saturated rings. The minimum atomic E-state index is 0.853. The highest BCUT2D eigenvalue weighted by Crippen LogP contribution is 2.36. The van der Waals surface area contributed by atoms with Crippen molar-refractivity contribution in [1.29, 1.82) is 0 Å². The van der Waals surface area contributed by atoms with Crippen molar-refractivity contribution in [1.82, 2.24) is 19.8 Å².